The van der Waals surface area contributed by atoms with E-state index in [1.54, 1.807) is 0 Å². The van der Waals surface area contributed by atoms with E-state index >= 15 is 0 Å². The van der Waals surface area contributed by atoms with Crippen LogP contribution in [0.5, 0.6) is 0 Å². The van der Waals surface area contributed by atoms with Gasteiger partial charge in [0.2, 0.25) is 0 Å². The number of anilines is 1. The maximum absolute atomic E-state index is 6.14. The van der Waals surface area contributed by atoms with Gasteiger partial charge in [0.1, 0.15) is 5.82 Å². The van der Waals surface area contributed by atoms with Crippen LogP contribution >= 0.6 is 0 Å². The fraction of sp³-hybridized carbons (Fsp3) is 0.692. The van der Waals surface area contributed by atoms with Gasteiger partial charge in [-0.15, -0.1) is 0 Å². The van der Waals surface area contributed by atoms with Gasteiger partial charge in [0.15, 0.2) is 0 Å². The van der Waals surface area contributed by atoms with Gasteiger partial charge in [-0.25, -0.2) is 4.98 Å². The molecule has 2 unspecified atom stereocenters. The Hall–Kier alpha value is -1.16. The molecule has 17 heavy (non-hydrogen) atoms. The molecule has 0 aliphatic carbocycles. The maximum atomic E-state index is 6.14. The van der Waals surface area contributed by atoms with Crippen molar-refractivity contribution in [1.29, 1.82) is 0 Å². The van der Waals surface area contributed by atoms with Gasteiger partial charge < -0.3 is 10.6 Å². The van der Waals surface area contributed by atoms with Crippen LogP contribution in [-0.4, -0.2) is 29.1 Å². The Kier molecular flexibility index (Phi) is 3.62. The van der Waals surface area contributed by atoms with Crippen LogP contribution < -0.4 is 10.6 Å². The summed E-state index contributed by atoms with van der Waals surface area (Å²) < 4.78 is 0. The first kappa shape index (κ1) is 12.3. The monoisotopic (exact) mass is 234 g/mol. The van der Waals surface area contributed by atoms with Crippen LogP contribution in [0.4, 0.5) is 5.82 Å². The molecule has 1 saturated heterocycles. The molecule has 0 radical (unpaired) electrons. The van der Waals surface area contributed by atoms with Gasteiger partial charge >= 0.3 is 0 Å². The average molecular weight is 234 g/mol. The van der Waals surface area contributed by atoms with Crippen molar-refractivity contribution < 1.29 is 0 Å². The molecule has 1 aromatic heterocycles. The highest BCUT2D eigenvalue weighted by Gasteiger charge is 2.26. The van der Waals surface area contributed by atoms with Crippen LogP contribution in [0.2, 0.25) is 0 Å². The summed E-state index contributed by atoms with van der Waals surface area (Å²) in [5, 5.41) is 0. The van der Waals surface area contributed by atoms with Crippen molar-refractivity contribution in [3.63, 3.8) is 0 Å². The van der Waals surface area contributed by atoms with Crippen molar-refractivity contribution in [3.8, 4) is 0 Å². The summed E-state index contributed by atoms with van der Waals surface area (Å²) in [4.78, 5) is 11.3. The lowest BCUT2D eigenvalue weighted by Crippen LogP contribution is -2.47. The lowest BCUT2D eigenvalue weighted by atomic mass is 9.90. The first-order chi connectivity index (χ1) is 8.11. The van der Waals surface area contributed by atoms with Gasteiger partial charge in [0.05, 0.1) is 11.4 Å². The first-order valence-electron chi connectivity index (χ1n) is 6.42. The Labute approximate surface area is 103 Å². The molecule has 2 atom stereocenters. The number of aryl methyl sites for hydroxylation is 2. The largest absolute Gasteiger partial charge is 0.355 e. The number of piperidine rings is 1. The first-order valence-corrected chi connectivity index (χ1v) is 6.42. The van der Waals surface area contributed by atoms with E-state index in [2.05, 4.69) is 21.8 Å². The van der Waals surface area contributed by atoms with Crippen LogP contribution in [-0.2, 0) is 0 Å². The van der Waals surface area contributed by atoms with Gasteiger partial charge in [0.25, 0.3) is 0 Å². The number of hydrogen-bond acceptors (Lipinski definition) is 4. The second-order valence-electron chi connectivity index (χ2n) is 4.99. The molecule has 4 heteroatoms. The summed E-state index contributed by atoms with van der Waals surface area (Å²) in [7, 11) is 0. The van der Waals surface area contributed by atoms with Gasteiger partial charge in [-0.05, 0) is 26.2 Å². The molecule has 2 N–H and O–H groups in total. The molecule has 0 aromatic carbocycles. The molecule has 1 aliphatic rings. The molecule has 0 bridgehead atoms. The SMILES string of the molecule is CCC1CN(c2nc(C)cnc2C)CCC1N. The zero-order chi connectivity index (χ0) is 12.4. The van der Waals surface area contributed by atoms with Crippen molar-refractivity contribution >= 4 is 5.82 Å². The van der Waals surface area contributed by atoms with Gasteiger partial charge in [-0.1, -0.05) is 13.3 Å². The van der Waals surface area contributed by atoms with E-state index in [1.165, 1.54) is 0 Å². The van der Waals surface area contributed by atoms with E-state index in [1.807, 2.05) is 20.0 Å². The third kappa shape index (κ3) is 2.57. The van der Waals surface area contributed by atoms with E-state index in [-0.39, 0.29) is 0 Å². The molecule has 1 fully saturated rings. The Morgan fingerprint density at radius 2 is 2.24 bits per heavy atom. The standard InChI is InChI=1S/C13H22N4/c1-4-11-8-17(6-5-12(11)14)13-10(3)15-7-9(2)16-13/h7,11-12H,4-6,8,14H2,1-3H3. The quantitative estimate of drug-likeness (QED) is 0.845. The van der Waals surface area contributed by atoms with Crippen LogP contribution in [0.25, 0.3) is 0 Å². The van der Waals surface area contributed by atoms with Crippen molar-refractivity contribution in [2.45, 2.75) is 39.7 Å². The van der Waals surface area contributed by atoms with Crippen LogP contribution in [0.3, 0.4) is 0 Å². The zero-order valence-electron chi connectivity index (χ0n) is 11.0. The third-order valence-corrected chi connectivity index (χ3v) is 3.67. The predicted molar refractivity (Wildman–Crippen MR) is 70.1 cm³/mol. The van der Waals surface area contributed by atoms with E-state index in [9.17, 15) is 0 Å². The summed E-state index contributed by atoms with van der Waals surface area (Å²) in [6, 6.07) is 0.342. The van der Waals surface area contributed by atoms with Gasteiger partial charge in [0, 0.05) is 25.3 Å². The summed E-state index contributed by atoms with van der Waals surface area (Å²) in [5.41, 5.74) is 8.13. The number of aromatic nitrogens is 2. The molecule has 2 heterocycles. The van der Waals surface area contributed by atoms with Gasteiger partial charge in [-0.3, -0.25) is 4.98 Å². The van der Waals surface area contributed by atoms with Crippen molar-refractivity contribution in [2.24, 2.45) is 11.7 Å². The average Bonchev–Trinajstić information content (AvgIpc) is 2.33. The minimum Gasteiger partial charge on any atom is -0.355 e. The summed E-state index contributed by atoms with van der Waals surface area (Å²) >= 11 is 0. The minimum absolute atomic E-state index is 0.342. The Balaban J connectivity index is 2.20. The van der Waals surface area contributed by atoms with E-state index in [0.29, 0.717) is 12.0 Å². The van der Waals surface area contributed by atoms with Crippen molar-refractivity contribution in [3.05, 3.63) is 17.6 Å². The highest BCUT2D eigenvalue weighted by molar-refractivity contribution is 5.43. The fourth-order valence-electron chi connectivity index (χ4n) is 2.50. The summed E-state index contributed by atoms with van der Waals surface area (Å²) in [6.07, 6.45) is 4.01. The van der Waals surface area contributed by atoms with E-state index < -0.39 is 0 Å². The molecule has 0 spiro atoms. The molecular weight excluding hydrogens is 212 g/mol. The zero-order valence-corrected chi connectivity index (χ0v) is 11.0. The van der Waals surface area contributed by atoms with Crippen LogP contribution in [0.15, 0.2) is 6.20 Å². The normalized spacial score (nSPS) is 25.1. The molecule has 1 aliphatic heterocycles. The predicted octanol–water partition coefficient (Wildman–Crippen LogP) is 1.66. The number of nitrogens with two attached hydrogens (primary N) is 1. The lowest BCUT2D eigenvalue weighted by Gasteiger charge is -2.37. The topological polar surface area (TPSA) is 55.0 Å². The molecule has 0 saturated carbocycles. The Morgan fingerprint density at radius 1 is 1.47 bits per heavy atom. The second-order valence-corrected chi connectivity index (χ2v) is 4.99. The van der Waals surface area contributed by atoms with Gasteiger partial charge in [-0.2, -0.15) is 0 Å². The van der Waals surface area contributed by atoms with Crippen LogP contribution in [0.1, 0.15) is 31.2 Å². The third-order valence-electron chi connectivity index (χ3n) is 3.67. The lowest BCUT2D eigenvalue weighted by molar-refractivity contribution is 0.346. The second kappa shape index (κ2) is 5.00. The number of hydrogen-bond donors (Lipinski definition) is 1. The molecular formula is C13H22N4. The Bertz CT molecular complexity index is 391. The minimum atomic E-state index is 0.342. The molecule has 4 nitrogen and oxygen atoms in total. The smallest absolute Gasteiger partial charge is 0.150 e. The summed E-state index contributed by atoms with van der Waals surface area (Å²) in [5.74, 6) is 1.61. The fourth-order valence-corrected chi connectivity index (χ4v) is 2.50. The number of nitrogens with zero attached hydrogens (tertiary/aromatic N) is 3. The number of rotatable bonds is 2. The molecule has 1 aromatic rings. The molecule has 94 valence electrons. The highest BCUT2D eigenvalue weighted by Crippen LogP contribution is 2.24. The van der Waals surface area contributed by atoms with E-state index in [0.717, 1.165) is 43.1 Å². The molecule has 2 rings (SSSR count). The maximum Gasteiger partial charge on any atom is 0.150 e. The van der Waals surface area contributed by atoms with E-state index in [4.69, 9.17) is 5.73 Å². The highest BCUT2D eigenvalue weighted by atomic mass is 15.2. The molecule has 0 amide bonds. The Morgan fingerprint density at radius 3 is 2.94 bits per heavy atom. The summed E-state index contributed by atoms with van der Waals surface area (Å²) in [6.45, 7) is 8.23. The van der Waals surface area contributed by atoms with Crippen LogP contribution in [0, 0.1) is 19.8 Å². The van der Waals surface area contributed by atoms with Crippen molar-refractivity contribution in [2.75, 3.05) is 18.0 Å². The van der Waals surface area contributed by atoms with Crippen molar-refractivity contribution in [1.82, 2.24) is 9.97 Å².